The number of hydrogen-bond acceptors (Lipinski definition) is 6. The van der Waals surface area contributed by atoms with Crippen molar-refractivity contribution in [2.45, 2.75) is 10.9 Å². The standard InChI is InChI=1S/C24H26N6O3S/c25-23(26)17-4-3-5-19(14-17)30-13-12-28-15-21(30)24(31)29-18-10-8-16(9-11-18)20-6-1-2-7-22(20)34(27,32)33/h1-11,14,21,28H,12-13,15H2,(H3,25,26)(H,29,31)(H2,27,32,33). The fourth-order valence-electron chi connectivity index (χ4n) is 4.01. The summed E-state index contributed by atoms with van der Waals surface area (Å²) in [5.74, 6) is -0.208. The molecule has 1 fully saturated rings. The van der Waals surface area contributed by atoms with E-state index in [1.165, 1.54) is 6.07 Å². The Hall–Kier alpha value is -3.73. The van der Waals surface area contributed by atoms with Gasteiger partial charge >= 0.3 is 0 Å². The van der Waals surface area contributed by atoms with Gasteiger partial charge in [-0.05, 0) is 35.9 Å². The number of benzene rings is 3. The third-order valence-corrected chi connectivity index (χ3v) is 6.66. The predicted molar refractivity (Wildman–Crippen MR) is 133 cm³/mol. The summed E-state index contributed by atoms with van der Waals surface area (Å²) in [6.45, 7) is 1.82. The maximum Gasteiger partial charge on any atom is 0.248 e. The summed E-state index contributed by atoms with van der Waals surface area (Å²) in [7, 11) is -3.87. The van der Waals surface area contributed by atoms with Gasteiger partial charge in [-0.3, -0.25) is 10.2 Å². The van der Waals surface area contributed by atoms with Gasteiger partial charge in [0.25, 0.3) is 0 Å². The van der Waals surface area contributed by atoms with Gasteiger partial charge in [-0.15, -0.1) is 0 Å². The summed E-state index contributed by atoms with van der Waals surface area (Å²) in [5.41, 5.74) is 8.81. The largest absolute Gasteiger partial charge is 0.384 e. The highest BCUT2D eigenvalue weighted by molar-refractivity contribution is 7.89. The van der Waals surface area contributed by atoms with Crippen LogP contribution in [0.3, 0.4) is 0 Å². The van der Waals surface area contributed by atoms with Gasteiger partial charge < -0.3 is 21.3 Å². The second kappa shape index (κ2) is 9.64. The number of carbonyl (C=O) groups excluding carboxylic acids is 1. The van der Waals surface area contributed by atoms with Crippen molar-refractivity contribution in [1.82, 2.24) is 5.32 Å². The van der Waals surface area contributed by atoms with Crippen molar-refractivity contribution in [3.8, 4) is 11.1 Å². The minimum atomic E-state index is -3.87. The molecule has 0 aliphatic carbocycles. The van der Waals surface area contributed by atoms with Gasteiger partial charge in [-0.2, -0.15) is 0 Å². The molecule has 3 aromatic carbocycles. The van der Waals surface area contributed by atoms with E-state index in [1.54, 1.807) is 48.5 Å². The number of sulfonamides is 1. The Kier molecular flexibility index (Phi) is 6.64. The van der Waals surface area contributed by atoms with Crippen LogP contribution in [0.5, 0.6) is 0 Å². The van der Waals surface area contributed by atoms with E-state index in [9.17, 15) is 13.2 Å². The molecule has 10 heteroatoms. The Balaban J connectivity index is 1.53. The summed E-state index contributed by atoms with van der Waals surface area (Å²) < 4.78 is 23.8. The first-order valence-corrected chi connectivity index (χ1v) is 12.2. The van der Waals surface area contributed by atoms with Gasteiger partial charge in [-0.1, -0.05) is 42.5 Å². The molecule has 9 nitrogen and oxygen atoms in total. The highest BCUT2D eigenvalue weighted by atomic mass is 32.2. The van der Waals surface area contributed by atoms with Gasteiger partial charge in [0.2, 0.25) is 15.9 Å². The monoisotopic (exact) mass is 478 g/mol. The Morgan fingerprint density at radius 1 is 1.06 bits per heavy atom. The van der Waals surface area contributed by atoms with Crippen LogP contribution < -0.4 is 26.4 Å². The number of nitrogens with zero attached hydrogens (tertiary/aromatic N) is 1. The van der Waals surface area contributed by atoms with E-state index in [4.69, 9.17) is 16.3 Å². The number of piperazine rings is 1. The summed E-state index contributed by atoms with van der Waals surface area (Å²) in [6.07, 6.45) is 0. The van der Waals surface area contributed by atoms with Crippen LogP contribution in [0.2, 0.25) is 0 Å². The van der Waals surface area contributed by atoms with Gasteiger partial charge in [-0.25, -0.2) is 13.6 Å². The quantitative estimate of drug-likeness (QED) is 0.268. The van der Waals surface area contributed by atoms with Crippen LogP contribution in [0.1, 0.15) is 5.56 Å². The number of hydrogen-bond donors (Lipinski definition) is 5. The highest BCUT2D eigenvalue weighted by Crippen LogP contribution is 2.28. The zero-order chi connectivity index (χ0) is 24.3. The van der Waals surface area contributed by atoms with Gasteiger partial charge in [0.05, 0.1) is 4.90 Å². The Morgan fingerprint density at radius 3 is 2.50 bits per heavy atom. The highest BCUT2D eigenvalue weighted by Gasteiger charge is 2.29. The first-order valence-electron chi connectivity index (χ1n) is 10.7. The molecule has 7 N–H and O–H groups in total. The molecule has 1 atom stereocenters. The first kappa shape index (κ1) is 23.4. The van der Waals surface area contributed by atoms with Crippen LogP contribution in [0.4, 0.5) is 11.4 Å². The van der Waals surface area contributed by atoms with E-state index in [-0.39, 0.29) is 16.6 Å². The number of amides is 1. The molecule has 0 bridgehead atoms. The molecule has 0 spiro atoms. The number of primary sulfonamides is 1. The zero-order valence-electron chi connectivity index (χ0n) is 18.4. The SMILES string of the molecule is N=C(N)c1cccc(N2CCNCC2C(=O)Nc2ccc(-c3ccccc3S(N)(=O)=O)cc2)c1. The van der Waals surface area contributed by atoms with Crippen molar-refractivity contribution in [2.75, 3.05) is 29.9 Å². The third-order valence-electron chi connectivity index (χ3n) is 5.69. The second-order valence-corrected chi connectivity index (χ2v) is 9.51. The molecule has 1 unspecified atom stereocenters. The van der Waals surface area contributed by atoms with Crippen molar-refractivity contribution in [3.05, 3.63) is 78.4 Å². The van der Waals surface area contributed by atoms with Crippen LogP contribution in [-0.2, 0) is 14.8 Å². The van der Waals surface area contributed by atoms with Crippen molar-refractivity contribution in [1.29, 1.82) is 5.41 Å². The van der Waals surface area contributed by atoms with Crippen molar-refractivity contribution < 1.29 is 13.2 Å². The number of amidine groups is 1. The van der Waals surface area contributed by atoms with Crippen molar-refractivity contribution in [2.24, 2.45) is 10.9 Å². The van der Waals surface area contributed by atoms with E-state index >= 15 is 0 Å². The van der Waals surface area contributed by atoms with Crippen LogP contribution in [0.25, 0.3) is 11.1 Å². The average molecular weight is 479 g/mol. The summed E-state index contributed by atoms with van der Waals surface area (Å²) in [4.78, 5) is 15.2. The maximum absolute atomic E-state index is 13.2. The zero-order valence-corrected chi connectivity index (χ0v) is 19.2. The van der Waals surface area contributed by atoms with E-state index in [2.05, 4.69) is 10.6 Å². The molecule has 1 saturated heterocycles. The van der Waals surface area contributed by atoms with Crippen molar-refractivity contribution >= 4 is 33.1 Å². The van der Waals surface area contributed by atoms with E-state index in [0.29, 0.717) is 35.5 Å². The fourth-order valence-corrected chi connectivity index (χ4v) is 4.77. The first-order chi connectivity index (χ1) is 16.2. The molecule has 176 valence electrons. The second-order valence-electron chi connectivity index (χ2n) is 7.99. The molecule has 1 amide bonds. The Bertz CT molecular complexity index is 1320. The van der Waals surface area contributed by atoms with Crippen LogP contribution in [-0.4, -0.2) is 45.8 Å². The van der Waals surface area contributed by atoms with Crippen LogP contribution in [0, 0.1) is 5.41 Å². The fraction of sp³-hybridized carbons (Fsp3) is 0.167. The number of anilines is 2. The van der Waals surface area contributed by atoms with E-state index in [0.717, 1.165) is 12.2 Å². The van der Waals surface area contributed by atoms with Gasteiger partial charge in [0.1, 0.15) is 11.9 Å². The number of nitrogen functional groups attached to an aromatic ring is 1. The minimum absolute atomic E-state index is 0.0258. The molecule has 1 heterocycles. The molecule has 1 aliphatic heterocycles. The predicted octanol–water partition coefficient (Wildman–Crippen LogP) is 1.70. The average Bonchev–Trinajstić information content (AvgIpc) is 2.84. The normalized spacial score (nSPS) is 16.1. The molecule has 0 saturated carbocycles. The lowest BCUT2D eigenvalue weighted by Gasteiger charge is -2.37. The smallest absolute Gasteiger partial charge is 0.248 e. The number of nitrogens with one attached hydrogen (secondary N) is 3. The lowest BCUT2D eigenvalue weighted by molar-refractivity contribution is -0.117. The number of carbonyl (C=O) groups is 1. The van der Waals surface area contributed by atoms with Gasteiger partial charge in [0.15, 0.2) is 0 Å². The van der Waals surface area contributed by atoms with E-state index in [1.807, 2.05) is 23.1 Å². The number of rotatable bonds is 6. The summed E-state index contributed by atoms with van der Waals surface area (Å²) in [6, 6.07) is 20.3. The molecule has 0 aromatic heterocycles. The third kappa shape index (κ3) is 5.09. The lowest BCUT2D eigenvalue weighted by atomic mass is 10.1. The minimum Gasteiger partial charge on any atom is -0.384 e. The Labute approximate surface area is 198 Å². The van der Waals surface area contributed by atoms with Gasteiger partial charge in [0, 0.05) is 42.1 Å². The molecular weight excluding hydrogens is 452 g/mol. The summed E-state index contributed by atoms with van der Waals surface area (Å²) >= 11 is 0. The molecule has 4 rings (SSSR count). The van der Waals surface area contributed by atoms with E-state index < -0.39 is 16.1 Å². The molecule has 3 aromatic rings. The molecule has 34 heavy (non-hydrogen) atoms. The molecular formula is C24H26N6O3S. The number of nitrogens with two attached hydrogens (primary N) is 2. The molecule has 0 radical (unpaired) electrons. The molecule has 1 aliphatic rings. The van der Waals surface area contributed by atoms with Crippen LogP contribution >= 0.6 is 0 Å². The lowest BCUT2D eigenvalue weighted by Crippen LogP contribution is -2.56. The van der Waals surface area contributed by atoms with Crippen molar-refractivity contribution in [3.63, 3.8) is 0 Å². The maximum atomic E-state index is 13.2. The summed E-state index contributed by atoms with van der Waals surface area (Å²) in [5, 5.41) is 19.2. The van der Waals surface area contributed by atoms with Crippen LogP contribution in [0.15, 0.2) is 77.7 Å². The topological polar surface area (TPSA) is 154 Å². The Morgan fingerprint density at radius 2 is 1.79 bits per heavy atom.